The van der Waals surface area contributed by atoms with Crippen molar-refractivity contribution in [3.05, 3.63) is 22.7 Å². The van der Waals surface area contributed by atoms with Crippen LogP contribution in [0.15, 0.2) is 22.7 Å². The molecule has 0 saturated heterocycles. The summed E-state index contributed by atoms with van der Waals surface area (Å²) in [6.45, 7) is 1.75. The van der Waals surface area contributed by atoms with E-state index in [0.29, 0.717) is 11.6 Å². The fourth-order valence-corrected chi connectivity index (χ4v) is 2.23. The lowest BCUT2D eigenvalue weighted by atomic mass is 10.2. The number of carboxylic acids is 1. The number of methoxy groups -OCH3 is 1. The van der Waals surface area contributed by atoms with E-state index in [0.717, 1.165) is 10.0 Å². The molecule has 0 amide bonds. The van der Waals surface area contributed by atoms with Gasteiger partial charge in [0, 0.05) is 10.0 Å². The molecule has 0 aliphatic heterocycles. The predicted molar refractivity (Wildman–Crippen MR) is 74.5 cm³/mol. The lowest BCUT2D eigenvalue weighted by molar-refractivity contribution is -0.137. The summed E-state index contributed by atoms with van der Waals surface area (Å²) in [7, 11) is 1.57. The van der Waals surface area contributed by atoms with Gasteiger partial charge in [-0.15, -0.1) is 5.10 Å². The number of hydrogen-bond acceptors (Lipinski definition) is 5. The fourth-order valence-electron chi connectivity index (χ4n) is 1.81. The first-order chi connectivity index (χ1) is 9.52. The summed E-state index contributed by atoms with van der Waals surface area (Å²) in [5.74, 6) is 0.261. The van der Waals surface area contributed by atoms with Crippen LogP contribution in [0.4, 0.5) is 0 Å². The fraction of sp³-hybridized carbons (Fsp3) is 0.333. The van der Waals surface area contributed by atoms with Crippen molar-refractivity contribution < 1.29 is 14.6 Å². The molecule has 0 aliphatic carbocycles. The topological polar surface area (TPSA) is 90.1 Å². The van der Waals surface area contributed by atoms with Crippen LogP contribution in [0.5, 0.6) is 5.75 Å². The number of tetrazole rings is 1. The lowest BCUT2D eigenvalue weighted by Gasteiger charge is -2.12. The highest BCUT2D eigenvalue weighted by atomic mass is 79.9. The highest BCUT2D eigenvalue weighted by Crippen LogP contribution is 2.31. The molecule has 0 radical (unpaired) electrons. The molecular formula is C12H13BrN4O3. The van der Waals surface area contributed by atoms with Gasteiger partial charge in [-0.25, -0.2) is 4.68 Å². The van der Waals surface area contributed by atoms with Crippen LogP contribution < -0.4 is 4.74 Å². The maximum absolute atomic E-state index is 10.8. The van der Waals surface area contributed by atoms with Gasteiger partial charge in [0.1, 0.15) is 5.75 Å². The monoisotopic (exact) mass is 340 g/mol. The van der Waals surface area contributed by atoms with E-state index < -0.39 is 5.97 Å². The number of aromatic nitrogens is 4. The first kappa shape index (κ1) is 14.4. The zero-order valence-electron chi connectivity index (χ0n) is 10.9. The van der Waals surface area contributed by atoms with E-state index in [-0.39, 0.29) is 12.5 Å². The molecule has 7 nitrogen and oxygen atoms in total. The molecule has 1 heterocycles. The molecule has 0 fully saturated rings. The molecule has 20 heavy (non-hydrogen) atoms. The maximum Gasteiger partial charge on any atom is 0.305 e. The third-order valence-corrected chi connectivity index (χ3v) is 3.49. The Kier molecular flexibility index (Phi) is 4.33. The van der Waals surface area contributed by atoms with Gasteiger partial charge in [-0.2, -0.15) is 0 Å². The summed E-state index contributed by atoms with van der Waals surface area (Å²) in [6.07, 6.45) is -0.0559. The molecule has 0 spiro atoms. The number of carbonyl (C=O) groups is 1. The molecule has 0 aliphatic rings. The Labute approximate surface area is 123 Å². The average Bonchev–Trinajstić information content (AvgIpc) is 2.87. The van der Waals surface area contributed by atoms with E-state index >= 15 is 0 Å². The molecular weight excluding hydrogens is 328 g/mol. The smallest absolute Gasteiger partial charge is 0.305 e. The number of benzene rings is 1. The Bertz CT molecular complexity index is 629. The summed E-state index contributed by atoms with van der Waals surface area (Å²) in [4.78, 5) is 10.8. The van der Waals surface area contributed by atoms with E-state index in [1.54, 1.807) is 20.1 Å². The Hall–Kier alpha value is -1.96. The summed E-state index contributed by atoms with van der Waals surface area (Å²) in [6, 6.07) is 5.08. The van der Waals surface area contributed by atoms with Gasteiger partial charge in [0.2, 0.25) is 0 Å². The van der Waals surface area contributed by atoms with Gasteiger partial charge < -0.3 is 9.84 Å². The molecule has 106 valence electrons. The van der Waals surface area contributed by atoms with Gasteiger partial charge in [0.25, 0.3) is 0 Å². The van der Waals surface area contributed by atoms with Crippen LogP contribution in [0.3, 0.4) is 0 Å². The van der Waals surface area contributed by atoms with Crippen LogP contribution in [-0.2, 0) is 4.79 Å². The molecule has 0 saturated carbocycles. The van der Waals surface area contributed by atoms with Crippen molar-refractivity contribution >= 4 is 21.9 Å². The number of nitrogens with zero attached hydrogens (tertiary/aromatic N) is 4. The zero-order valence-corrected chi connectivity index (χ0v) is 12.5. The van der Waals surface area contributed by atoms with Crippen molar-refractivity contribution in [3.8, 4) is 17.1 Å². The van der Waals surface area contributed by atoms with E-state index in [2.05, 4.69) is 31.5 Å². The van der Waals surface area contributed by atoms with Crippen LogP contribution in [0.1, 0.15) is 19.4 Å². The van der Waals surface area contributed by atoms with Gasteiger partial charge in [-0.05, 0) is 35.5 Å². The molecule has 0 bridgehead atoms. The molecule has 2 rings (SSSR count). The van der Waals surface area contributed by atoms with Crippen molar-refractivity contribution in [1.29, 1.82) is 0 Å². The van der Waals surface area contributed by atoms with Crippen molar-refractivity contribution in [3.63, 3.8) is 0 Å². The Morgan fingerprint density at radius 3 is 2.95 bits per heavy atom. The van der Waals surface area contributed by atoms with Crippen LogP contribution in [0, 0.1) is 0 Å². The predicted octanol–water partition coefficient (Wildman–Crippen LogP) is 2.15. The summed E-state index contributed by atoms with van der Waals surface area (Å²) in [5, 5.41) is 20.3. The Morgan fingerprint density at radius 2 is 2.30 bits per heavy atom. The summed E-state index contributed by atoms with van der Waals surface area (Å²) in [5.41, 5.74) is 0.742. The number of rotatable bonds is 5. The molecule has 2 aromatic rings. The van der Waals surface area contributed by atoms with Gasteiger partial charge in [0.05, 0.1) is 19.6 Å². The first-order valence-electron chi connectivity index (χ1n) is 5.86. The van der Waals surface area contributed by atoms with Crippen molar-refractivity contribution in [2.24, 2.45) is 0 Å². The minimum Gasteiger partial charge on any atom is -0.497 e. The minimum absolute atomic E-state index is 0.0559. The molecule has 8 heteroatoms. The second-order valence-corrected chi connectivity index (χ2v) is 5.09. The van der Waals surface area contributed by atoms with Crippen LogP contribution in [0.25, 0.3) is 11.4 Å². The number of hydrogen-bond donors (Lipinski definition) is 1. The first-order valence-corrected chi connectivity index (χ1v) is 6.65. The molecule has 1 aromatic heterocycles. The highest BCUT2D eigenvalue weighted by molar-refractivity contribution is 9.10. The van der Waals surface area contributed by atoms with E-state index in [1.165, 1.54) is 4.68 Å². The van der Waals surface area contributed by atoms with E-state index in [9.17, 15) is 4.79 Å². The second-order valence-electron chi connectivity index (χ2n) is 4.24. The van der Waals surface area contributed by atoms with Crippen LogP contribution in [-0.4, -0.2) is 38.4 Å². The van der Waals surface area contributed by atoms with Gasteiger partial charge in [-0.3, -0.25) is 4.79 Å². The molecule has 1 atom stereocenters. The van der Waals surface area contributed by atoms with Crippen molar-refractivity contribution in [2.75, 3.05) is 7.11 Å². The summed E-state index contributed by atoms with van der Waals surface area (Å²) < 4.78 is 7.48. The second kappa shape index (κ2) is 6.00. The minimum atomic E-state index is -0.899. The van der Waals surface area contributed by atoms with Crippen LogP contribution in [0.2, 0.25) is 0 Å². The van der Waals surface area contributed by atoms with E-state index in [1.807, 2.05) is 12.1 Å². The Balaban J connectivity index is 2.44. The Morgan fingerprint density at radius 1 is 1.55 bits per heavy atom. The number of aliphatic carboxylic acids is 1. The third-order valence-electron chi connectivity index (χ3n) is 2.79. The number of halogens is 1. The molecule has 1 aromatic carbocycles. The largest absolute Gasteiger partial charge is 0.497 e. The van der Waals surface area contributed by atoms with Gasteiger partial charge >= 0.3 is 5.97 Å². The zero-order chi connectivity index (χ0) is 14.7. The summed E-state index contributed by atoms with van der Waals surface area (Å²) >= 11 is 3.43. The van der Waals surface area contributed by atoms with Crippen LogP contribution >= 0.6 is 15.9 Å². The van der Waals surface area contributed by atoms with Gasteiger partial charge in [0.15, 0.2) is 5.82 Å². The van der Waals surface area contributed by atoms with Crippen molar-refractivity contribution in [1.82, 2.24) is 20.2 Å². The lowest BCUT2D eigenvalue weighted by Crippen LogP contribution is -2.13. The number of carboxylic acid groups (broad SMARTS) is 1. The molecule has 1 N–H and O–H groups in total. The number of ether oxygens (including phenoxy) is 1. The SMILES string of the molecule is COc1ccc(Br)c(-c2nnnn2C(C)CC(=O)O)c1. The average molecular weight is 341 g/mol. The van der Waals surface area contributed by atoms with Gasteiger partial charge in [-0.1, -0.05) is 15.9 Å². The van der Waals surface area contributed by atoms with Crippen molar-refractivity contribution in [2.45, 2.75) is 19.4 Å². The third kappa shape index (κ3) is 2.96. The maximum atomic E-state index is 10.8. The molecule has 1 unspecified atom stereocenters. The quantitative estimate of drug-likeness (QED) is 0.896. The highest BCUT2D eigenvalue weighted by Gasteiger charge is 2.19. The standard InChI is InChI=1S/C12H13BrN4O3/c1-7(5-11(18)19)17-12(14-15-16-17)9-6-8(20-2)3-4-10(9)13/h3-4,6-7H,5H2,1-2H3,(H,18,19). The van der Waals surface area contributed by atoms with E-state index in [4.69, 9.17) is 9.84 Å². The normalized spacial score (nSPS) is 12.2.